The van der Waals surface area contributed by atoms with Crippen LogP contribution >= 0.6 is 0 Å². The van der Waals surface area contributed by atoms with Crippen LogP contribution in [-0.2, 0) is 9.47 Å². The van der Waals surface area contributed by atoms with Crippen LogP contribution in [0.4, 0.5) is 9.59 Å². The Balaban J connectivity index is 4.48. The van der Waals surface area contributed by atoms with Gasteiger partial charge < -0.3 is 19.7 Å². The predicted molar refractivity (Wildman–Crippen MR) is 41.5 cm³/mol. The maximum absolute atomic E-state index is 10.2. The summed E-state index contributed by atoms with van der Waals surface area (Å²) in [5.41, 5.74) is 0. The lowest BCUT2D eigenvalue weighted by Crippen LogP contribution is -2.38. The molecule has 6 nitrogen and oxygen atoms in total. The van der Waals surface area contributed by atoms with Crippen molar-refractivity contribution in [2.75, 3.05) is 0 Å². The van der Waals surface area contributed by atoms with Gasteiger partial charge in [-0.1, -0.05) is 13.8 Å². The second kappa shape index (κ2) is 4.54. The van der Waals surface area contributed by atoms with Crippen molar-refractivity contribution in [2.45, 2.75) is 32.5 Å². The SMILES string of the molecule is CCC(CC)(OC(=O)O)OC(=O)O. The first-order valence-electron chi connectivity index (χ1n) is 3.79. The van der Waals surface area contributed by atoms with Crippen molar-refractivity contribution in [3.63, 3.8) is 0 Å². The van der Waals surface area contributed by atoms with Gasteiger partial charge in [-0.25, -0.2) is 9.59 Å². The lowest BCUT2D eigenvalue weighted by Gasteiger charge is -2.27. The Morgan fingerprint density at radius 2 is 1.38 bits per heavy atom. The smallest absolute Gasteiger partial charge is 0.450 e. The third-order valence-corrected chi connectivity index (χ3v) is 1.62. The summed E-state index contributed by atoms with van der Waals surface area (Å²) < 4.78 is 8.72. The molecule has 0 aliphatic carbocycles. The van der Waals surface area contributed by atoms with Crippen molar-refractivity contribution in [3.8, 4) is 0 Å². The molecule has 0 saturated heterocycles. The predicted octanol–water partition coefficient (Wildman–Crippen LogP) is 1.89. The molecule has 0 unspecified atom stereocenters. The van der Waals surface area contributed by atoms with Crippen molar-refractivity contribution in [2.24, 2.45) is 0 Å². The molecule has 0 aromatic heterocycles. The average molecular weight is 192 g/mol. The fraction of sp³-hybridized carbons (Fsp3) is 0.714. The number of carbonyl (C=O) groups is 2. The molecular formula is C7H12O6. The number of hydrogen-bond donors (Lipinski definition) is 2. The van der Waals surface area contributed by atoms with E-state index in [9.17, 15) is 9.59 Å². The van der Waals surface area contributed by atoms with E-state index in [1.807, 2.05) is 0 Å². The third kappa shape index (κ3) is 3.64. The zero-order valence-electron chi connectivity index (χ0n) is 7.44. The second-order valence-corrected chi connectivity index (χ2v) is 2.35. The lowest BCUT2D eigenvalue weighted by atomic mass is 10.1. The van der Waals surface area contributed by atoms with E-state index >= 15 is 0 Å². The zero-order valence-corrected chi connectivity index (χ0v) is 7.44. The lowest BCUT2D eigenvalue weighted by molar-refractivity contribution is -0.185. The summed E-state index contributed by atoms with van der Waals surface area (Å²) in [6.45, 7) is 3.16. The quantitative estimate of drug-likeness (QED) is 0.521. The van der Waals surface area contributed by atoms with Gasteiger partial charge in [0.15, 0.2) is 0 Å². The summed E-state index contributed by atoms with van der Waals surface area (Å²) in [5.74, 6) is -1.57. The minimum Gasteiger partial charge on any atom is -0.450 e. The first kappa shape index (κ1) is 11.5. The molecule has 2 N–H and O–H groups in total. The molecule has 0 aromatic rings. The number of carboxylic acid groups (broad SMARTS) is 2. The highest BCUT2D eigenvalue weighted by Crippen LogP contribution is 2.22. The molecule has 0 bridgehead atoms. The molecule has 0 aromatic carbocycles. The molecule has 0 atom stereocenters. The number of ether oxygens (including phenoxy) is 2. The van der Waals surface area contributed by atoms with Crippen LogP contribution in [0.1, 0.15) is 26.7 Å². The molecule has 0 aliphatic heterocycles. The highest BCUT2D eigenvalue weighted by molar-refractivity contribution is 5.60. The van der Waals surface area contributed by atoms with Crippen LogP contribution in [0.15, 0.2) is 0 Å². The fourth-order valence-corrected chi connectivity index (χ4v) is 0.878. The second-order valence-electron chi connectivity index (χ2n) is 2.35. The Labute approximate surface area is 75.1 Å². The Hall–Kier alpha value is -1.46. The molecule has 0 aliphatic rings. The summed E-state index contributed by atoms with van der Waals surface area (Å²) in [6.07, 6.45) is -2.82. The summed E-state index contributed by atoms with van der Waals surface area (Å²) in [5, 5.41) is 16.7. The van der Waals surface area contributed by atoms with E-state index in [4.69, 9.17) is 10.2 Å². The molecule has 0 radical (unpaired) electrons. The van der Waals surface area contributed by atoms with Crippen molar-refractivity contribution < 1.29 is 29.3 Å². The highest BCUT2D eigenvalue weighted by atomic mass is 16.8. The van der Waals surface area contributed by atoms with Crippen LogP contribution in [0.5, 0.6) is 0 Å². The minimum atomic E-state index is -1.57. The molecule has 0 fully saturated rings. The zero-order chi connectivity index (χ0) is 10.5. The van der Waals surface area contributed by atoms with E-state index < -0.39 is 18.1 Å². The Morgan fingerprint density at radius 3 is 1.54 bits per heavy atom. The van der Waals surface area contributed by atoms with Gasteiger partial charge in [-0.05, 0) is 0 Å². The van der Waals surface area contributed by atoms with Gasteiger partial charge in [0, 0.05) is 12.8 Å². The van der Waals surface area contributed by atoms with Gasteiger partial charge >= 0.3 is 12.3 Å². The third-order valence-electron chi connectivity index (χ3n) is 1.62. The van der Waals surface area contributed by atoms with Crippen molar-refractivity contribution >= 4 is 12.3 Å². The van der Waals surface area contributed by atoms with Crippen molar-refractivity contribution in [3.05, 3.63) is 0 Å². The molecule has 6 heteroatoms. The van der Waals surface area contributed by atoms with Gasteiger partial charge in [-0.3, -0.25) is 0 Å². The Kier molecular flexibility index (Phi) is 4.03. The minimum absolute atomic E-state index is 0.141. The van der Waals surface area contributed by atoms with Gasteiger partial charge in [0.2, 0.25) is 0 Å². The Bertz CT molecular complexity index is 177. The normalized spacial score (nSPS) is 10.6. The van der Waals surface area contributed by atoms with Crippen molar-refractivity contribution in [1.82, 2.24) is 0 Å². The van der Waals surface area contributed by atoms with Gasteiger partial charge in [-0.2, -0.15) is 0 Å². The topological polar surface area (TPSA) is 93.1 Å². The number of hydrogen-bond acceptors (Lipinski definition) is 4. The molecule has 0 rings (SSSR count). The monoisotopic (exact) mass is 192 g/mol. The molecule has 0 saturated carbocycles. The van der Waals surface area contributed by atoms with Crippen LogP contribution in [0.25, 0.3) is 0 Å². The number of rotatable bonds is 4. The van der Waals surface area contributed by atoms with Gasteiger partial charge in [0.25, 0.3) is 5.79 Å². The standard InChI is InChI=1S/C7H12O6/c1-3-7(4-2,12-5(8)9)13-6(10)11/h3-4H2,1-2H3,(H,8,9)(H,10,11). The van der Waals surface area contributed by atoms with Gasteiger partial charge in [0.05, 0.1) is 0 Å². The molecule has 0 amide bonds. The van der Waals surface area contributed by atoms with Crippen LogP contribution in [0.3, 0.4) is 0 Å². The van der Waals surface area contributed by atoms with E-state index in [1.165, 1.54) is 0 Å². The Morgan fingerprint density at radius 1 is 1.08 bits per heavy atom. The molecule has 0 spiro atoms. The van der Waals surface area contributed by atoms with Gasteiger partial charge in [-0.15, -0.1) is 0 Å². The summed E-state index contributed by atoms with van der Waals surface area (Å²) in [6, 6.07) is 0. The molecule has 13 heavy (non-hydrogen) atoms. The summed E-state index contributed by atoms with van der Waals surface area (Å²) in [4.78, 5) is 20.4. The first-order valence-corrected chi connectivity index (χ1v) is 3.79. The van der Waals surface area contributed by atoms with Crippen LogP contribution in [0.2, 0.25) is 0 Å². The van der Waals surface area contributed by atoms with Crippen LogP contribution < -0.4 is 0 Å². The van der Waals surface area contributed by atoms with Crippen molar-refractivity contribution in [1.29, 1.82) is 0 Å². The summed E-state index contributed by atoms with van der Waals surface area (Å²) in [7, 11) is 0. The molecule has 76 valence electrons. The van der Waals surface area contributed by atoms with E-state index in [-0.39, 0.29) is 12.8 Å². The van der Waals surface area contributed by atoms with Crippen LogP contribution in [-0.4, -0.2) is 28.3 Å². The van der Waals surface area contributed by atoms with E-state index in [0.29, 0.717) is 0 Å². The summed E-state index contributed by atoms with van der Waals surface area (Å²) >= 11 is 0. The van der Waals surface area contributed by atoms with Crippen LogP contribution in [0, 0.1) is 0 Å². The van der Waals surface area contributed by atoms with Gasteiger partial charge in [0.1, 0.15) is 0 Å². The molecular weight excluding hydrogens is 180 g/mol. The maximum Gasteiger partial charge on any atom is 0.509 e. The highest BCUT2D eigenvalue weighted by Gasteiger charge is 2.35. The molecule has 0 heterocycles. The van der Waals surface area contributed by atoms with E-state index in [1.54, 1.807) is 13.8 Å². The largest absolute Gasteiger partial charge is 0.509 e. The first-order chi connectivity index (χ1) is 5.95. The fourth-order valence-electron chi connectivity index (χ4n) is 0.878. The van der Waals surface area contributed by atoms with E-state index in [0.717, 1.165) is 0 Å². The average Bonchev–Trinajstić information content (AvgIpc) is 2.01. The maximum atomic E-state index is 10.2. The van der Waals surface area contributed by atoms with E-state index in [2.05, 4.69) is 9.47 Å².